The Labute approximate surface area is 102 Å². The number of hydrogen-bond acceptors (Lipinski definition) is 8. The topological polar surface area (TPSA) is 155 Å². The number of urea groups is 1. The first-order chi connectivity index (χ1) is 8.42. The van der Waals surface area contributed by atoms with Gasteiger partial charge in [-0.05, 0) is 0 Å². The highest BCUT2D eigenvalue weighted by Crippen LogP contribution is 2.19. The van der Waals surface area contributed by atoms with Gasteiger partial charge < -0.3 is 30.5 Å². The fraction of sp³-hybridized carbons (Fsp3) is 0.875. The maximum Gasteiger partial charge on any atom is 0.333 e. The van der Waals surface area contributed by atoms with Crippen LogP contribution >= 0.6 is 0 Å². The van der Waals surface area contributed by atoms with Crippen molar-refractivity contribution in [1.29, 1.82) is 0 Å². The van der Waals surface area contributed by atoms with E-state index in [2.05, 4.69) is 5.32 Å². The van der Waals surface area contributed by atoms with Crippen LogP contribution in [0.1, 0.15) is 0 Å². The number of amides is 2. The van der Waals surface area contributed by atoms with Crippen molar-refractivity contribution in [3.8, 4) is 0 Å². The summed E-state index contributed by atoms with van der Waals surface area (Å²) in [5.74, 6) is 0. The van der Waals surface area contributed by atoms with E-state index in [1.807, 2.05) is 0 Å². The number of carbonyl (C=O) groups excluding carboxylic acids is 1. The van der Waals surface area contributed by atoms with E-state index >= 15 is 0 Å². The maximum absolute atomic E-state index is 11.4. The lowest BCUT2D eigenvalue weighted by atomic mass is 9.97. The fourth-order valence-corrected chi connectivity index (χ4v) is 1.54. The van der Waals surface area contributed by atoms with Crippen LogP contribution in [0.3, 0.4) is 0 Å². The molecule has 0 saturated carbocycles. The summed E-state index contributed by atoms with van der Waals surface area (Å²) < 4.78 is 4.82. The summed E-state index contributed by atoms with van der Waals surface area (Å²) in [7, 11) is 1.19. The zero-order valence-corrected chi connectivity index (χ0v) is 9.59. The van der Waals surface area contributed by atoms with Gasteiger partial charge in [0, 0.05) is 7.05 Å². The molecule has 0 aromatic carbocycles. The monoisotopic (exact) mass is 267 g/mol. The normalized spacial score (nSPS) is 36.2. The molecule has 2 amide bonds. The molecule has 0 aromatic heterocycles. The van der Waals surface area contributed by atoms with E-state index in [0.717, 1.165) is 0 Å². The smallest absolute Gasteiger partial charge is 0.333 e. The van der Waals surface area contributed by atoms with E-state index < -0.39 is 43.3 Å². The summed E-state index contributed by atoms with van der Waals surface area (Å²) in [6.45, 7) is -0.589. The van der Waals surface area contributed by atoms with Gasteiger partial charge in [-0.2, -0.15) is 0 Å². The average Bonchev–Trinajstić information content (AvgIpc) is 2.37. The number of rotatable bonds is 3. The lowest BCUT2D eigenvalue weighted by molar-refractivity contribution is -0.252. The van der Waals surface area contributed by atoms with Crippen molar-refractivity contribution in [3.63, 3.8) is 0 Å². The minimum atomic E-state index is -1.60. The van der Waals surface area contributed by atoms with E-state index in [0.29, 0.717) is 5.01 Å². The van der Waals surface area contributed by atoms with Gasteiger partial charge in [0.2, 0.25) is 0 Å². The molecule has 1 aliphatic heterocycles. The molecule has 1 fully saturated rings. The minimum absolute atomic E-state index is 0.589. The van der Waals surface area contributed by atoms with Crippen LogP contribution in [0.2, 0.25) is 0 Å². The summed E-state index contributed by atoms with van der Waals surface area (Å²) in [5.41, 5.74) is 1.53. The third-order valence-corrected chi connectivity index (χ3v) is 2.64. The first-order valence-electron chi connectivity index (χ1n) is 5.16. The lowest BCUT2D eigenvalue weighted by Gasteiger charge is -2.40. The molecule has 18 heavy (non-hydrogen) atoms. The average molecular weight is 267 g/mol. The van der Waals surface area contributed by atoms with Gasteiger partial charge in [-0.1, -0.05) is 0 Å². The molecule has 1 heterocycles. The summed E-state index contributed by atoms with van der Waals surface area (Å²) in [5, 5.41) is 48.9. The Morgan fingerprint density at radius 1 is 1.33 bits per heavy atom. The van der Waals surface area contributed by atoms with Crippen molar-refractivity contribution in [1.82, 2.24) is 15.9 Å². The van der Waals surface area contributed by atoms with E-state index in [1.165, 1.54) is 12.6 Å². The van der Waals surface area contributed by atoms with Crippen LogP contribution in [-0.4, -0.2) is 81.0 Å². The molecule has 0 unspecified atom stereocenters. The number of hydrogen-bond donors (Lipinski definition) is 7. The number of carbonyl (C=O) groups is 1. The van der Waals surface area contributed by atoms with Crippen molar-refractivity contribution in [2.24, 2.45) is 0 Å². The molecule has 10 nitrogen and oxygen atoms in total. The second-order valence-electron chi connectivity index (χ2n) is 3.86. The van der Waals surface area contributed by atoms with Crippen LogP contribution in [0.4, 0.5) is 4.79 Å². The predicted octanol–water partition coefficient (Wildman–Crippen LogP) is -3.68. The Morgan fingerprint density at radius 3 is 2.44 bits per heavy atom. The number of aliphatic hydroxyl groups excluding tert-OH is 4. The number of ether oxygens (including phenoxy) is 1. The third kappa shape index (κ3) is 3.05. The molecule has 0 spiro atoms. The predicted molar refractivity (Wildman–Crippen MR) is 55.0 cm³/mol. The van der Waals surface area contributed by atoms with E-state index in [9.17, 15) is 20.1 Å². The summed E-state index contributed by atoms with van der Waals surface area (Å²) in [4.78, 5) is 11.4. The highest BCUT2D eigenvalue weighted by Gasteiger charge is 2.44. The maximum atomic E-state index is 11.4. The molecule has 5 atom stereocenters. The Kier molecular flexibility index (Phi) is 5.22. The van der Waals surface area contributed by atoms with Gasteiger partial charge in [-0.15, -0.1) is 5.59 Å². The molecule has 1 aliphatic rings. The first-order valence-corrected chi connectivity index (χ1v) is 5.16. The molecule has 0 bridgehead atoms. The van der Waals surface area contributed by atoms with Crippen molar-refractivity contribution < 1.29 is 35.2 Å². The van der Waals surface area contributed by atoms with E-state index in [-0.39, 0.29) is 0 Å². The molecule has 1 rings (SSSR count). The summed E-state index contributed by atoms with van der Waals surface area (Å²) in [6, 6.07) is -2.16. The zero-order chi connectivity index (χ0) is 13.9. The van der Waals surface area contributed by atoms with Gasteiger partial charge in [0.25, 0.3) is 0 Å². The quantitative estimate of drug-likeness (QED) is 0.258. The largest absolute Gasteiger partial charge is 0.394 e. The highest BCUT2D eigenvalue weighted by atomic mass is 16.6. The first kappa shape index (κ1) is 15.0. The molecular formula is C8H17N3O7. The van der Waals surface area contributed by atoms with Gasteiger partial charge in [0.15, 0.2) is 6.29 Å². The van der Waals surface area contributed by atoms with Crippen LogP contribution in [0.5, 0.6) is 0 Å². The van der Waals surface area contributed by atoms with Crippen molar-refractivity contribution in [2.75, 3.05) is 13.7 Å². The van der Waals surface area contributed by atoms with Crippen LogP contribution in [0.15, 0.2) is 0 Å². The van der Waals surface area contributed by atoms with Gasteiger partial charge in [0.1, 0.15) is 24.4 Å². The van der Waals surface area contributed by atoms with Gasteiger partial charge in [-0.25, -0.2) is 9.80 Å². The van der Waals surface area contributed by atoms with Crippen LogP contribution in [0.25, 0.3) is 0 Å². The van der Waals surface area contributed by atoms with Crippen molar-refractivity contribution in [3.05, 3.63) is 0 Å². The second kappa shape index (κ2) is 6.24. The Balaban J connectivity index is 2.68. The van der Waals surface area contributed by atoms with Crippen LogP contribution < -0.4 is 10.9 Å². The SMILES string of the molecule is CN(NO)C(=O)N[C@@H]1[C@@H](O)[C@H](O)[C@@H](CO)O[C@H]1O. The molecule has 0 aromatic rings. The Hall–Kier alpha value is -1.01. The number of nitrogens with zero attached hydrogens (tertiary/aromatic N) is 1. The highest BCUT2D eigenvalue weighted by molar-refractivity contribution is 5.73. The summed E-state index contributed by atoms with van der Waals surface area (Å²) in [6.07, 6.45) is -5.73. The molecule has 10 heteroatoms. The fourth-order valence-electron chi connectivity index (χ4n) is 1.54. The van der Waals surface area contributed by atoms with Crippen molar-refractivity contribution in [2.45, 2.75) is 30.6 Å². The molecule has 1 saturated heterocycles. The van der Waals surface area contributed by atoms with Crippen LogP contribution in [-0.2, 0) is 4.74 Å². The molecule has 106 valence electrons. The number of hydrazine groups is 1. The third-order valence-electron chi connectivity index (χ3n) is 2.64. The van der Waals surface area contributed by atoms with Gasteiger partial charge in [-0.3, -0.25) is 5.21 Å². The van der Waals surface area contributed by atoms with Crippen LogP contribution in [0, 0.1) is 0 Å². The van der Waals surface area contributed by atoms with E-state index in [1.54, 1.807) is 0 Å². The Morgan fingerprint density at radius 2 is 1.94 bits per heavy atom. The van der Waals surface area contributed by atoms with Crippen molar-refractivity contribution >= 4 is 6.03 Å². The number of aliphatic hydroxyl groups is 4. The molecular weight excluding hydrogens is 250 g/mol. The molecule has 7 N–H and O–H groups in total. The zero-order valence-electron chi connectivity index (χ0n) is 9.59. The Bertz CT molecular complexity index is 292. The minimum Gasteiger partial charge on any atom is -0.394 e. The van der Waals surface area contributed by atoms with E-state index in [4.69, 9.17) is 15.1 Å². The molecule has 0 aliphatic carbocycles. The second-order valence-corrected chi connectivity index (χ2v) is 3.86. The number of nitrogens with one attached hydrogen (secondary N) is 2. The summed E-state index contributed by atoms with van der Waals surface area (Å²) >= 11 is 0. The molecule has 0 radical (unpaired) electrons. The standard InChI is InChI=1S/C8H17N3O7/c1-11(10-17)8(16)9-4-6(14)5(13)3(2-12)18-7(4)15/h3-7,10,12-15,17H,2H2,1H3,(H,9,16)/t3-,4-,5-,6-,7-/m1/s1. The van der Waals surface area contributed by atoms with Gasteiger partial charge >= 0.3 is 6.03 Å². The lowest BCUT2D eigenvalue weighted by Crippen LogP contribution is -2.65. The van der Waals surface area contributed by atoms with Gasteiger partial charge in [0.05, 0.1) is 6.61 Å².